The molecular formula is C67H46. The van der Waals surface area contributed by atoms with Crippen LogP contribution in [0.5, 0.6) is 0 Å². The molecule has 0 saturated heterocycles. The summed E-state index contributed by atoms with van der Waals surface area (Å²) in [6.45, 7) is 4.80. The van der Waals surface area contributed by atoms with Crippen LogP contribution in [0.15, 0.2) is 243 Å². The first-order chi connectivity index (χ1) is 33.0. The van der Waals surface area contributed by atoms with Gasteiger partial charge in [0, 0.05) is 5.41 Å². The minimum absolute atomic E-state index is 0.139. The van der Waals surface area contributed by atoms with E-state index in [1.54, 1.807) is 0 Å². The van der Waals surface area contributed by atoms with Crippen LogP contribution in [0.25, 0.3) is 66.1 Å². The van der Waals surface area contributed by atoms with Crippen LogP contribution < -0.4 is 0 Å². The van der Waals surface area contributed by atoms with Gasteiger partial charge in [-0.05, 0) is 134 Å². The summed E-state index contributed by atoms with van der Waals surface area (Å²) < 4.78 is 0. The molecule has 3 aliphatic carbocycles. The van der Waals surface area contributed by atoms with Crippen LogP contribution in [0.1, 0.15) is 69.5 Å². The Morgan fingerprint density at radius 2 is 0.701 bits per heavy atom. The quantitative estimate of drug-likeness (QED) is 0.162. The lowest BCUT2D eigenvalue weighted by Crippen LogP contribution is -2.36. The van der Waals surface area contributed by atoms with Gasteiger partial charge in [-0.3, -0.25) is 0 Å². The van der Waals surface area contributed by atoms with Gasteiger partial charge in [-0.15, -0.1) is 0 Å². The minimum Gasteiger partial charge on any atom is -0.0622 e. The molecule has 0 fully saturated rings. The summed E-state index contributed by atoms with van der Waals surface area (Å²) in [6.07, 6.45) is 0. The van der Waals surface area contributed by atoms with Crippen molar-refractivity contribution in [1.29, 1.82) is 0 Å². The largest absolute Gasteiger partial charge is 0.0713 e. The highest BCUT2D eigenvalue weighted by Crippen LogP contribution is 2.62. The number of fused-ring (bicyclic) bond motifs is 9. The van der Waals surface area contributed by atoms with Crippen LogP contribution >= 0.6 is 0 Å². The van der Waals surface area contributed by atoms with Gasteiger partial charge in [0.15, 0.2) is 0 Å². The SMILES string of the molecule is CC1(C)c2cc(-c3ccc4c(c3)-c3ccc5c6c(ccc(c36)C4(c3ccccc3)c3ccccc3)C(c3ccccc3)(c3ccccc3)c3ccccc3-5)ccc2-c2c1ccc1ccccc21. The van der Waals surface area contributed by atoms with Gasteiger partial charge in [-0.25, -0.2) is 0 Å². The van der Waals surface area contributed by atoms with E-state index in [1.807, 2.05) is 0 Å². The van der Waals surface area contributed by atoms with E-state index in [9.17, 15) is 0 Å². The van der Waals surface area contributed by atoms with Gasteiger partial charge >= 0.3 is 0 Å². The molecule has 0 heteroatoms. The zero-order chi connectivity index (χ0) is 44.5. The van der Waals surface area contributed by atoms with Crippen LogP contribution in [-0.4, -0.2) is 0 Å². The van der Waals surface area contributed by atoms with Crippen molar-refractivity contribution in [3.63, 3.8) is 0 Å². The van der Waals surface area contributed by atoms with E-state index in [1.165, 1.54) is 122 Å². The van der Waals surface area contributed by atoms with Gasteiger partial charge in [0.2, 0.25) is 0 Å². The zero-order valence-electron chi connectivity index (χ0n) is 37.6. The van der Waals surface area contributed by atoms with Gasteiger partial charge in [0.1, 0.15) is 0 Å². The van der Waals surface area contributed by atoms with E-state index < -0.39 is 10.8 Å². The van der Waals surface area contributed by atoms with E-state index >= 15 is 0 Å². The standard InChI is InChI=1S/C67H46/c1-65(2)58-38-32-43-19-15-16-28-50(43)62(58)54-34-31-45(42-61(54)65)44-33-37-57-55(41-44)53-36-35-52-51-29-17-18-30-56(51)66(46-20-7-3-8-21-46,47-22-9-4-10-23-47)59-39-40-60(64(53)63(52)59)67(57,48-24-11-5-12-25-48)49-26-13-6-14-27-49/h3-42H,1-2H3. The Balaban J connectivity index is 1.10. The molecule has 0 radical (unpaired) electrons. The number of hydrogen-bond acceptors (Lipinski definition) is 0. The molecule has 67 heavy (non-hydrogen) atoms. The molecule has 0 spiro atoms. The molecule has 0 unspecified atom stereocenters. The van der Waals surface area contributed by atoms with E-state index in [4.69, 9.17) is 0 Å². The Kier molecular flexibility index (Phi) is 7.97. The maximum atomic E-state index is 2.52. The number of hydrogen-bond donors (Lipinski definition) is 0. The summed E-state index contributed by atoms with van der Waals surface area (Å²) in [5.41, 5.74) is 22.1. The fraction of sp³-hybridized carbons (Fsp3) is 0.0746. The Morgan fingerprint density at radius 1 is 0.269 bits per heavy atom. The lowest BCUT2D eigenvalue weighted by atomic mass is 9.55. The fourth-order valence-corrected chi connectivity index (χ4v) is 13.2. The molecule has 0 aliphatic heterocycles. The normalized spacial score (nSPS) is 15.1. The second-order valence-electron chi connectivity index (χ2n) is 19.4. The van der Waals surface area contributed by atoms with E-state index in [0.717, 1.165) is 0 Å². The van der Waals surface area contributed by atoms with Crippen molar-refractivity contribution >= 4 is 21.5 Å². The zero-order valence-corrected chi connectivity index (χ0v) is 37.6. The van der Waals surface area contributed by atoms with Crippen molar-refractivity contribution in [1.82, 2.24) is 0 Å². The summed E-state index contributed by atoms with van der Waals surface area (Å²) in [5.74, 6) is 0. The number of benzene rings is 11. The lowest BCUT2D eigenvalue weighted by Gasteiger charge is -2.46. The molecule has 0 N–H and O–H groups in total. The van der Waals surface area contributed by atoms with Crippen LogP contribution in [0.2, 0.25) is 0 Å². The van der Waals surface area contributed by atoms with Crippen molar-refractivity contribution < 1.29 is 0 Å². The topological polar surface area (TPSA) is 0 Å². The van der Waals surface area contributed by atoms with Gasteiger partial charge in [0.25, 0.3) is 0 Å². The summed E-state index contributed by atoms with van der Waals surface area (Å²) >= 11 is 0. The van der Waals surface area contributed by atoms with E-state index in [2.05, 4.69) is 257 Å². The second kappa shape index (κ2) is 14.0. The van der Waals surface area contributed by atoms with Crippen LogP contribution in [0, 0.1) is 0 Å². The molecule has 0 aromatic heterocycles. The predicted molar refractivity (Wildman–Crippen MR) is 279 cm³/mol. The van der Waals surface area contributed by atoms with Crippen molar-refractivity contribution in [2.45, 2.75) is 30.1 Å². The van der Waals surface area contributed by atoms with Crippen molar-refractivity contribution in [2.75, 3.05) is 0 Å². The third kappa shape index (κ3) is 4.97. The lowest BCUT2D eigenvalue weighted by molar-refractivity contribution is 0.661. The first kappa shape index (κ1) is 38.2. The third-order valence-electron chi connectivity index (χ3n) is 16.0. The summed E-state index contributed by atoms with van der Waals surface area (Å²) in [4.78, 5) is 0. The molecule has 11 aromatic carbocycles. The van der Waals surface area contributed by atoms with Crippen molar-refractivity contribution in [3.05, 3.63) is 298 Å². The molecule has 0 nitrogen and oxygen atoms in total. The molecule has 0 amide bonds. The average molecular weight is 851 g/mol. The third-order valence-corrected chi connectivity index (χ3v) is 16.0. The Bertz CT molecular complexity index is 3720. The smallest absolute Gasteiger partial charge is 0.0622 e. The molecular weight excluding hydrogens is 805 g/mol. The first-order valence-corrected chi connectivity index (χ1v) is 23.8. The molecule has 0 saturated carbocycles. The highest BCUT2D eigenvalue weighted by molar-refractivity contribution is 6.15. The summed E-state index contributed by atoms with van der Waals surface area (Å²) in [7, 11) is 0. The van der Waals surface area contributed by atoms with E-state index in [0.29, 0.717) is 0 Å². The number of rotatable bonds is 5. The molecule has 3 aliphatic rings. The minimum atomic E-state index is -0.609. The van der Waals surface area contributed by atoms with Crippen molar-refractivity contribution in [3.8, 4) is 44.5 Å². The molecule has 11 aromatic rings. The molecule has 0 heterocycles. The Hall–Kier alpha value is -8.06. The Morgan fingerprint density at radius 3 is 1.30 bits per heavy atom. The monoisotopic (exact) mass is 850 g/mol. The fourth-order valence-electron chi connectivity index (χ4n) is 13.2. The summed E-state index contributed by atoms with van der Waals surface area (Å²) in [6, 6.07) is 92.2. The van der Waals surface area contributed by atoms with Crippen molar-refractivity contribution in [2.24, 2.45) is 0 Å². The average Bonchev–Trinajstić information content (AvgIpc) is 3.63. The van der Waals surface area contributed by atoms with Gasteiger partial charge in [-0.1, -0.05) is 244 Å². The van der Waals surface area contributed by atoms with Crippen LogP contribution in [0.3, 0.4) is 0 Å². The van der Waals surface area contributed by atoms with Gasteiger partial charge < -0.3 is 0 Å². The van der Waals surface area contributed by atoms with E-state index in [-0.39, 0.29) is 5.41 Å². The first-order valence-electron chi connectivity index (χ1n) is 23.8. The maximum absolute atomic E-state index is 2.52. The second-order valence-corrected chi connectivity index (χ2v) is 19.4. The molecule has 314 valence electrons. The maximum Gasteiger partial charge on any atom is 0.0713 e. The highest BCUT2D eigenvalue weighted by atomic mass is 14.5. The molecule has 14 rings (SSSR count). The highest BCUT2D eigenvalue weighted by Gasteiger charge is 2.49. The predicted octanol–water partition coefficient (Wildman–Crippen LogP) is 16.7. The van der Waals surface area contributed by atoms with Crippen LogP contribution in [0.4, 0.5) is 0 Å². The van der Waals surface area contributed by atoms with Crippen LogP contribution in [-0.2, 0) is 16.2 Å². The van der Waals surface area contributed by atoms with Gasteiger partial charge in [-0.2, -0.15) is 0 Å². The Labute approximate surface area is 392 Å². The molecule has 0 atom stereocenters. The van der Waals surface area contributed by atoms with Gasteiger partial charge in [0.05, 0.1) is 10.8 Å². The molecule has 0 bridgehead atoms. The summed E-state index contributed by atoms with van der Waals surface area (Å²) in [5, 5.41) is 5.28.